The van der Waals surface area contributed by atoms with Crippen LogP contribution in [0.5, 0.6) is 0 Å². The molecule has 1 aromatic heterocycles. The molecule has 0 saturated carbocycles. The number of anilines is 1. The number of nitrogens with one attached hydrogen (secondary N) is 2. The first-order valence-corrected chi connectivity index (χ1v) is 7.68. The predicted octanol–water partition coefficient (Wildman–Crippen LogP) is 2.10. The van der Waals surface area contributed by atoms with Crippen LogP contribution in [-0.2, 0) is 0 Å². The SMILES string of the molecule is CNCCN(C)C(=O)c1nccnc1C(=O)Nc1ccc(Cl)cc1.Cl. The molecule has 0 aliphatic heterocycles. The third-order valence-electron chi connectivity index (χ3n) is 3.26. The summed E-state index contributed by atoms with van der Waals surface area (Å²) in [5.74, 6) is -0.865. The van der Waals surface area contributed by atoms with Gasteiger partial charge < -0.3 is 15.5 Å². The lowest BCUT2D eigenvalue weighted by Gasteiger charge is -2.17. The second-order valence-corrected chi connectivity index (χ2v) is 5.48. The van der Waals surface area contributed by atoms with Gasteiger partial charge in [-0.1, -0.05) is 11.6 Å². The minimum absolute atomic E-state index is 0. The Balaban J connectivity index is 0.00000312. The van der Waals surface area contributed by atoms with Crippen LogP contribution in [0.4, 0.5) is 5.69 Å². The van der Waals surface area contributed by atoms with Crippen LogP contribution in [0.3, 0.4) is 0 Å². The van der Waals surface area contributed by atoms with Crippen LogP contribution in [0, 0.1) is 0 Å². The smallest absolute Gasteiger partial charge is 0.276 e. The van der Waals surface area contributed by atoms with E-state index in [0.29, 0.717) is 23.8 Å². The Morgan fingerprint density at radius 1 is 1.12 bits per heavy atom. The van der Waals surface area contributed by atoms with Crippen molar-refractivity contribution >= 4 is 41.5 Å². The van der Waals surface area contributed by atoms with Crippen molar-refractivity contribution < 1.29 is 9.59 Å². The first-order valence-electron chi connectivity index (χ1n) is 7.31. The number of rotatable bonds is 6. The number of hydrogen-bond donors (Lipinski definition) is 2. The average molecular weight is 384 g/mol. The summed E-state index contributed by atoms with van der Waals surface area (Å²) in [6.07, 6.45) is 2.76. The molecule has 1 aromatic carbocycles. The quantitative estimate of drug-likeness (QED) is 0.797. The maximum atomic E-state index is 12.5. The summed E-state index contributed by atoms with van der Waals surface area (Å²) in [6.45, 7) is 1.12. The zero-order chi connectivity index (χ0) is 17.5. The first kappa shape index (κ1) is 20.8. The van der Waals surface area contributed by atoms with Crippen LogP contribution < -0.4 is 10.6 Å². The van der Waals surface area contributed by atoms with Gasteiger partial charge in [0.25, 0.3) is 11.8 Å². The monoisotopic (exact) mass is 383 g/mol. The predicted molar refractivity (Wildman–Crippen MR) is 99.6 cm³/mol. The van der Waals surface area contributed by atoms with Gasteiger partial charge in [-0.25, -0.2) is 9.97 Å². The van der Waals surface area contributed by atoms with Crippen molar-refractivity contribution in [3.8, 4) is 0 Å². The highest BCUT2D eigenvalue weighted by atomic mass is 35.5. The van der Waals surface area contributed by atoms with Crippen molar-refractivity contribution in [2.45, 2.75) is 0 Å². The summed E-state index contributed by atoms with van der Waals surface area (Å²) in [6, 6.07) is 6.64. The van der Waals surface area contributed by atoms with Crippen molar-refractivity contribution in [3.05, 3.63) is 53.1 Å². The second kappa shape index (κ2) is 9.93. The van der Waals surface area contributed by atoms with E-state index in [0.717, 1.165) is 0 Å². The van der Waals surface area contributed by atoms with Crippen LogP contribution in [-0.4, -0.2) is 53.9 Å². The van der Waals surface area contributed by atoms with E-state index in [9.17, 15) is 9.59 Å². The zero-order valence-electron chi connectivity index (χ0n) is 13.8. The molecule has 0 radical (unpaired) electrons. The molecular formula is C16H19Cl2N5O2. The summed E-state index contributed by atoms with van der Waals surface area (Å²) >= 11 is 5.82. The minimum Gasteiger partial charge on any atom is -0.339 e. The largest absolute Gasteiger partial charge is 0.339 e. The summed E-state index contributed by atoms with van der Waals surface area (Å²) in [5.41, 5.74) is 0.549. The van der Waals surface area contributed by atoms with Crippen LogP contribution >= 0.6 is 24.0 Å². The van der Waals surface area contributed by atoms with Crippen LogP contribution in [0.1, 0.15) is 21.0 Å². The van der Waals surface area contributed by atoms with E-state index in [2.05, 4.69) is 20.6 Å². The van der Waals surface area contributed by atoms with E-state index in [1.54, 1.807) is 38.4 Å². The Kier molecular flexibility index (Phi) is 8.27. The van der Waals surface area contributed by atoms with Crippen molar-refractivity contribution in [2.24, 2.45) is 0 Å². The van der Waals surface area contributed by atoms with Gasteiger partial charge in [-0.15, -0.1) is 12.4 Å². The molecule has 0 aliphatic carbocycles. The van der Waals surface area contributed by atoms with Gasteiger partial charge in [-0.3, -0.25) is 9.59 Å². The van der Waals surface area contributed by atoms with Crippen LogP contribution in [0.25, 0.3) is 0 Å². The minimum atomic E-state index is -0.504. The summed E-state index contributed by atoms with van der Waals surface area (Å²) in [7, 11) is 3.45. The highest BCUT2D eigenvalue weighted by molar-refractivity contribution is 6.30. The van der Waals surface area contributed by atoms with E-state index in [1.165, 1.54) is 17.3 Å². The van der Waals surface area contributed by atoms with Gasteiger partial charge in [0, 0.05) is 43.2 Å². The Labute approximate surface area is 157 Å². The molecule has 0 spiro atoms. The van der Waals surface area contributed by atoms with Crippen molar-refractivity contribution in [1.29, 1.82) is 0 Å². The molecule has 0 atom stereocenters. The van der Waals surface area contributed by atoms with Crippen molar-refractivity contribution in [3.63, 3.8) is 0 Å². The number of benzene rings is 1. The lowest BCUT2D eigenvalue weighted by Crippen LogP contribution is -2.35. The van der Waals surface area contributed by atoms with Crippen molar-refractivity contribution in [1.82, 2.24) is 20.2 Å². The molecule has 134 valence electrons. The maximum absolute atomic E-state index is 12.5. The first-order chi connectivity index (χ1) is 11.5. The Morgan fingerprint density at radius 2 is 1.72 bits per heavy atom. The molecule has 2 rings (SSSR count). The Bertz CT molecular complexity index is 725. The Morgan fingerprint density at radius 3 is 2.32 bits per heavy atom. The molecule has 2 aromatic rings. The topological polar surface area (TPSA) is 87.2 Å². The highest BCUT2D eigenvalue weighted by Crippen LogP contribution is 2.15. The van der Waals surface area contributed by atoms with E-state index in [1.807, 2.05) is 0 Å². The van der Waals surface area contributed by atoms with Crippen molar-refractivity contribution in [2.75, 3.05) is 32.5 Å². The number of likely N-dealkylation sites (N-methyl/N-ethyl adjacent to an activating group) is 2. The van der Waals surface area contributed by atoms with Gasteiger partial charge in [0.15, 0.2) is 11.4 Å². The molecule has 7 nitrogen and oxygen atoms in total. The van der Waals surface area contributed by atoms with Gasteiger partial charge in [-0.05, 0) is 31.3 Å². The number of hydrogen-bond acceptors (Lipinski definition) is 5. The molecule has 0 saturated heterocycles. The van der Waals surface area contributed by atoms with E-state index in [-0.39, 0.29) is 29.7 Å². The fourth-order valence-corrected chi connectivity index (χ4v) is 2.07. The molecule has 1 heterocycles. The number of halogens is 2. The zero-order valence-corrected chi connectivity index (χ0v) is 15.4. The second-order valence-electron chi connectivity index (χ2n) is 5.04. The van der Waals surface area contributed by atoms with Gasteiger partial charge >= 0.3 is 0 Å². The molecule has 0 unspecified atom stereocenters. The molecule has 0 aliphatic rings. The number of carbonyl (C=O) groups excluding carboxylic acids is 2. The third kappa shape index (κ3) is 5.67. The molecule has 2 amide bonds. The van der Waals surface area contributed by atoms with E-state index < -0.39 is 5.91 Å². The number of amides is 2. The van der Waals surface area contributed by atoms with Gasteiger partial charge in [0.1, 0.15) is 0 Å². The van der Waals surface area contributed by atoms with Gasteiger partial charge in [0.2, 0.25) is 0 Å². The van der Waals surface area contributed by atoms with Crippen LogP contribution in [0.2, 0.25) is 5.02 Å². The standard InChI is InChI=1S/C16H18ClN5O2.ClH/c1-18-9-10-22(2)16(24)14-13(19-7-8-20-14)15(23)21-12-5-3-11(17)4-6-12;/h3-8,18H,9-10H2,1-2H3,(H,21,23);1H. The number of nitrogens with zero attached hydrogens (tertiary/aromatic N) is 3. The molecule has 0 fully saturated rings. The number of carbonyl (C=O) groups is 2. The van der Waals surface area contributed by atoms with Gasteiger partial charge in [-0.2, -0.15) is 0 Å². The Hall–Kier alpha value is -2.22. The molecular weight excluding hydrogens is 365 g/mol. The molecule has 9 heteroatoms. The van der Waals surface area contributed by atoms with E-state index in [4.69, 9.17) is 11.6 Å². The molecule has 25 heavy (non-hydrogen) atoms. The van der Waals surface area contributed by atoms with Crippen LogP contribution in [0.15, 0.2) is 36.7 Å². The summed E-state index contributed by atoms with van der Waals surface area (Å²) < 4.78 is 0. The lowest BCUT2D eigenvalue weighted by atomic mass is 10.2. The number of aromatic nitrogens is 2. The fourth-order valence-electron chi connectivity index (χ4n) is 1.95. The maximum Gasteiger partial charge on any atom is 0.276 e. The molecule has 2 N–H and O–H groups in total. The molecule has 0 bridgehead atoms. The fraction of sp³-hybridized carbons (Fsp3) is 0.250. The normalized spacial score (nSPS) is 9.88. The highest BCUT2D eigenvalue weighted by Gasteiger charge is 2.22. The summed E-state index contributed by atoms with van der Waals surface area (Å²) in [4.78, 5) is 34.4. The average Bonchev–Trinajstić information content (AvgIpc) is 2.61. The summed E-state index contributed by atoms with van der Waals surface area (Å²) in [5, 5.41) is 6.20. The third-order valence-corrected chi connectivity index (χ3v) is 3.51. The lowest BCUT2D eigenvalue weighted by molar-refractivity contribution is 0.0784. The van der Waals surface area contributed by atoms with Gasteiger partial charge in [0.05, 0.1) is 0 Å². The van der Waals surface area contributed by atoms with E-state index >= 15 is 0 Å².